The molecule has 3 heterocycles. The Bertz CT molecular complexity index is 2620. The molecule has 2 nitrogen and oxygen atoms in total. The van der Waals surface area contributed by atoms with Gasteiger partial charge in [-0.2, -0.15) is 11.3 Å². The van der Waals surface area contributed by atoms with Crippen LogP contribution in [-0.4, -0.2) is 6.71 Å². The number of hydrogen-bond donors (Lipinski definition) is 0. The minimum absolute atomic E-state index is 0.00317. The molecule has 0 amide bonds. The van der Waals surface area contributed by atoms with Gasteiger partial charge in [0, 0.05) is 38.0 Å². The SMILES string of the molecule is Cc1cc2c3c(c1)N(c1ccc(C(C)(C)C)cc1)c1c(sc4c1C(C)(C)CCC4(C)C)B3c1cc(C(C)(C)C)ccc1N2c1ccc(C(C)(C)C)cc1-c1ccccc1. The fourth-order valence-electron chi connectivity index (χ4n) is 10.1. The van der Waals surface area contributed by atoms with Crippen LogP contribution >= 0.6 is 11.3 Å². The van der Waals surface area contributed by atoms with Crippen molar-refractivity contribution in [2.45, 2.75) is 137 Å². The van der Waals surface area contributed by atoms with Crippen LogP contribution in [0, 0.1) is 6.92 Å². The molecular formula is C55H63BN2S. The Hall–Kier alpha value is -4.54. The van der Waals surface area contributed by atoms with E-state index >= 15 is 0 Å². The third-order valence-corrected chi connectivity index (χ3v) is 15.3. The summed E-state index contributed by atoms with van der Waals surface area (Å²) in [5.41, 5.74) is 20.2. The summed E-state index contributed by atoms with van der Waals surface area (Å²) in [6, 6.07) is 40.2. The van der Waals surface area contributed by atoms with Crippen molar-refractivity contribution < 1.29 is 0 Å². The van der Waals surface area contributed by atoms with Crippen molar-refractivity contribution in [3.8, 4) is 11.1 Å². The van der Waals surface area contributed by atoms with E-state index in [9.17, 15) is 0 Å². The van der Waals surface area contributed by atoms with Crippen molar-refractivity contribution in [1.82, 2.24) is 0 Å². The molecule has 2 aliphatic heterocycles. The zero-order valence-electron chi connectivity index (χ0n) is 38.1. The second-order valence-electron chi connectivity index (χ2n) is 22.3. The maximum Gasteiger partial charge on any atom is 0.264 e. The molecule has 4 heteroatoms. The number of hydrogen-bond acceptors (Lipinski definition) is 3. The first kappa shape index (κ1) is 39.9. The third kappa shape index (κ3) is 6.42. The zero-order valence-corrected chi connectivity index (χ0v) is 38.9. The van der Waals surface area contributed by atoms with Crippen LogP contribution in [0.25, 0.3) is 11.1 Å². The number of anilines is 6. The highest BCUT2D eigenvalue weighted by Gasteiger charge is 2.51. The van der Waals surface area contributed by atoms with Crippen LogP contribution in [-0.2, 0) is 27.1 Å². The summed E-state index contributed by atoms with van der Waals surface area (Å²) < 4.78 is 1.49. The summed E-state index contributed by atoms with van der Waals surface area (Å²) in [5, 5.41) is 0. The van der Waals surface area contributed by atoms with E-state index in [0.29, 0.717) is 0 Å². The van der Waals surface area contributed by atoms with Gasteiger partial charge in [0.1, 0.15) is 0 Å². The number of aryl methyl sites for hydroxylation is 1. The maximum atomic E-state index is 2.69. The van der Waals surface area contributed by atoms with Crippen molar-refractivity contribution in [1.29, 1.82) is 0 Å². The molecule has 0 atom stereocenters. The van der Waals surface area contributed by atoms with Gasteiger partial charge in [0.25, 0.3) is 6.71 Å². The van der Waals surface area contributed by atoms with Crippen molar-refractivity contribution in [2.75, 3.05) is 9.80 Å². The van der Waals surface area contributed by atoms with E-state index in [4.69, 9.17) is 0 Å². The van der Waals surface area contributed by atoms with Crippen molar-refractivity contribution in [3.05, 3.63) is 136 Å². The summed E-state index contributed by atoms with van der Waals surface area (Å²) in [6.45, 7) is 33.4. The fourth-order valence-corrected chi connectivity index (χ4v) is 11.8. The molecule has 0 saturated carbocycles. The molecule has 0 saturated heterocycles. The average molecular weight is 795 g/mol. The van der Waals surface area contributed by atoms with Crippen LogP contribution in [0.2, 0.25) is 0 Å². The van der Waals surface area contributed by atoms with Gasteiger partial charge in [-0.05, 0) is 134 Å². The molecule has 3 aliphatic rings. The van der Waals surface area contributed by atoms with Crippen molar-refractivity contribution in [2.24, 2.45) is 0 Å². The van der Waals surface area contributed by atoms with Gasteiger partial charge in [-0.25, -0.2) is 0 Å². The van der Waals surface area contributed by atoms with E-state index in [1.807, 2.05) is 0 Å². The van der Waals surface area contributed by atoms with Crippen LogP contribution in [0.5, 0.6) is 0 Å². The van der Waals surface area contributed by atoms with Gasteiger partial charge in [0.05, 0.1) is 11.4 Å². The summed E-state index contributed by atoms with van der Waals surface area (Å²) >= 11 is 2.11. The molecule has 0 fully saturated rings. The Morgan fingerprint density at radius 2 is 1.10 bits per heavy atom. The summed E-state index contributed by atoms with van der Waals surface area (Å²) in [5.74, 6) is 0. The Morgan fingerprint density at radius 1 is 0.559 bits per heavy atom. The molecule has 1 aromatic heterocycles. The second-order valence-corrected chi connectivity index (χ2v) is 23.3. The zero-order chi connectivity index (χ0) is 42.2. The van der Waals surface area contributed by atoms with E-state index in [1.165, 1.54) is 96.0 Å². The van der Waals surface area contributed by atoms with Gasteiger partial charge < -0.3 is 9.80 Å². The standard InChI is InChI=1S/C55H63BN2S/c1-34-30-44-47-45(31-34)58(42-26-22-37(52(5,6)7)32-40(42)35-18-16-15-17-19-35)43-27-23-38(53(8,9)10)33-41(43)56(47)50-48(46-49(59-50)55(13,14)29-28-54(46,11)12)57(44)39-24-20-36(21-25-39)51(2,3)4/h15-27,30-33H,28-29H2,1-14H3. The molecule has 9 rings (SSSR count). The predicted octanol–water partition coefficient (Wildman–Crippen LogP) is 14.0. The average Bonchev–Trinajstić information content (AvgIpc) is 3.58. The van der Waals surface area contributed by atoms with Gasteiger partial charge >= 0.3 is 0 Å². The molecule has 302 valence electrons. The lowest BCUT2D eigenvalue weighted by atomic mass is 9.35. The Labute approximate surface area is 359 Å². The molecule has 6 aromatic rings. The number of nitrogens with zero attached hydrogens (tertiary/aromatic N) is 2. The first-order valence-electron chi connectivity index (χ1n) is 21.9. The fraction of sp³-hybridized carbons (Fsp3) is 0.382. The molecule has 0 N–H and O–H groups in total. The van der Waals surface area contributed by atoms with Gasteiger partial charge in [0.2, 0.25) is 0 Å². The molecular weight excluding hydrogens is 731 g/mol. The predicted molar refractivity (Wildman–Crippen MR) is 260 cm³/mol. The first-order valence-corrected chi connectivity index (χ1v) is 22.8. The normalized spacial score (nSPS) is 16.7. The summed E-state index contributed by atoms with van der Waals surface area (Å²) in [4.78, 5) is 6.90. The highest BCUT2D eigenvalue weighted by atomic mass is 32.1. The lowest BCUT2D eigenvalue weighted by molar-refractivity contribution is 0.339. The lowest BCUT2D eigenvalue weighted by Crippen LogP contribution is -2.61. The van der Waals surface area contributed by atoms with Gasteiger partial charge in [-0.3, -0.25) is 0 Å². The lowest BCUT2D eigenvalue weighted by Gasteiger charge is -2.46. The summed E-state index contributed by atoms with van der Waals surface area (Å²) in [7, 11) is 0. The van der Waals surface area contributed by atoms with Gasteiger partial charge in [0.15, 0.2) is 0 Å². The Balaban J connectivity index is 1.42. The van der Waals surface area contributed by atoms with Crippen molar-refractivity contribution >= 4 is 67.9 Å². The minimum atomic E-state index is -0.00317. The van der Waals surface area contributed by atoms with E-state index in [-0.39, 0.29) is 33.8 Å². The molecule has 1 aliphatic carbocycles. The molecule has 5 aromatic carbocycles. The van der Waals surface area contributed by atoms with Crippen molar-refractivity contribution in [3.63, 3.8) is 0 Å². The number of fused-ring (bicyclic) bond motifs is 6. The van der Waals surface area contributed by atoms with E-state index in [2.05, 4.69) is 221 Å². The molecule has 0 spiro atoms. The van der Waals surface area contributed by atoms with Crippen LogP contribution in [0.3, 0.4) is 0 Å². The second kappa shape index (κ2) is 13.2. The third-order valence-electron chi connectivity index (χ3n) is 13.7. The van der Waals surface area contributed by atoms with E-state index in [1.54, 1.807) is 10.4 Å². The van der Waals surface area contributed by atoms with Crippen LogP contribution in [0.15, 0.2) is 103 Å². The molecule has 0 bridgehead atoms. The monoisotopic (exact) mass is 794 g/mol. The number of benzene rings is 5. The van der Waals surface area contributed by atoms with Gasteiger partial charge in [-0.1, -0.05) is 151 Å². The highest BCUT2D eigenvalue weighted by molar-refractivity contribution is 7.29. The van der Waals surface area contributed by atoms with Crippen LogP contribution in [0.4, 0.5) is 34.1 Å². The Morgan fingerprint density at radius 3 is 1.71 bits per heavy atom. The molecule has 0 radical (unpaired) electrons. The minimum Gasteiger partial charge on any atom is -0.311 e. The van der Waals surface area contributed by atoms with Crippen LogP contribution in [0.1, 0.15) is 136 Å². The molecule has 0 unspecified atom stereocenters. The topological polar surface area (TPSA) is 6.48 Å². The summed E-state index contributed by atoms with van der Waals surface area (Å²) in [6.07, 6.45) is 2.37. The first-order chi connectivity index (χ1) is 27.6. The largest absolute Gasteiger partial charge is 0.311 e. The highest BCUT2D eigenvalue weighted by Crippen LogP contribution is 2.56. The van der Waals surface area contributed by atoms with Crippen LogP contribution < -0.4 is 25.5 Å². The Kier molecular flexibility index (Phi) is 8.95. The van der Waals surface area contributed by atoms with E-state index < -0.39 is 0 Å². The smallest absolute Gasteiger partial charge is 0.264 e. The van der Waals surface area contributed by atoms with Gasteiger partial charge in [-0.15, -0.1) is 0 Å². The van der Waals surface area contributed by atoms with E-state index in [0.717, 1.165) is 0 Å². The number of rotatable bonds is 3. The maximum absolute atomic E-state index is 2.69. The number of thiophene rings is 1. The molecule has 59 heavy (non-hydrogen) atoms. The quantitative estimate of drug-likeness (QED) is 0.164.